The molecule has 0 saturated heterocycles. The van der Waals surface area contributed by atoms with Crippen molar-refractivity contribution in [3.8, 4) is 6.07 Å². The topological polar surface area (TPSA) is 126 Å². The number of carbonyl (C=O) groups excluding carboxylic acids is 2. The second-order valence-electron chi connectivity index (χ2n) is 4.66. The van der Waals surface area contributed by atoms with Crippen LogP contribution in [0, 0.1) is 11.3 Å². The van der Waals surface area contributed by atoms with Crippen LogP contribution >= 0.6 is 12.4 Å². The molecule has 0 rings (SSSR count). The van der Waals surface area contributed by atoms with Crippen molar-refractivity contribution in [1.82, 2.24) is 10.6 Å². The third-order valence-corrected chi connectivity index (χ3v) is 1.98. The first-order chi connectivity index (χ1) is 11.7. The first kappa shape index (κ1) is 29.6. The Balaban J connectivity index is -0.000000411. The van der Waals surface area contributed by atoms with Crippen molar-refractivity contribution in [2.45, 2.75) is 38.3 Å². The molecular formula is C12H19ClF6N4O4. The van der Waals surface area contributed by atoms with Gasteiger partial charge in [0.1, 0.15) is 6.04 Å². The van der Waals surface area contributed by atoms with E-state index in [0.29, 0.717) is 0 Å². The Morgan fingerprint density at radius 1 is 1.00 bits per heavy atom. The zero-order chi connectivity index (χ0) is 21.0. The van der Waals surface area contributed by atoms with Crippen LogP contribution in [0.1, 0.15) is 13.8 Å². The molecule has 0 radical (unpaired) electrons. The quantitative estimate of drug-likeness (QED) is 0.572. The largest absolute Gasteiger partial charge is 0.440 e. The number of nitrogens with two attached hydrogens (primary N) is 1. The molecule has 2 amide bonds. The van der Waals surface area contributed by atoms with Gasteiger partial charge in [-0.25, -0.2) is 9.59 Å². The van der Waals surface area contributed by atoms with Gasteiger partial charge in [0.15, 0.2) is 13.2 Å². The van der Waals surface area contributed by atoms with Crippen LogP contribution in [-0.4, -0.2) is 56.4 Å². The van der Waals surface area contributed by atoms with Crippen LogP contribution < -0.4 is 16.4 Å². The highest BCUT2D eigenvalue weighted by atomic mass is 35.5. The minimum absolute atomic E-state index is 0. The van der Waals surface area contributed by atoms with Crippen molar-refractivity contribution in [2.24, 2.45) is 5.73 Å². The van der Waals surface area contributed by atoms with Crippen molar-refractivity contribution < 1.29 is 45.4 Å². The number of alkyl halides is 6. The Morgan fingerprint density at radius 2 is 1.37 bits per heavy atom. The van der Waals surface area contributed by atoms with Crippen LogP contribution in [0.4, 0.5) is 35.9 Å². The summed E-state index contributed by atoms with van der Waals surface area (Å²) in [5, 5.41) is 12.2. The number of hydrogen-bond acceptors (Lipinski definition) is 6. The monoisotopic (exact) mass is 432 g/mol. The highest BCUT2D eigenvalue weighted by molar-refractivity contribution is 5.85. The summed E-state index contributed by atoms with van der Waals surface area (Å²) >= 11 is 0. The molecular weight excluding hydrogens is 414 g/mol. The van der Waals surface area contributed by atoms with Gasteiger partial charge in [0.05, 0.1) is 6.07 Å². The number of alkyl carbamates (subject to hydrolysis) is 2. The molecule has 0 aromatic carbocycles. The molecule has 4 N–H and O–H groups in total. The number of hydrogen-bond donors (Lipinski definition) is 3. The molecule has 8 nitrogen and oxygen atoms in total. The lowest BCUT2D eigenvalue weighted by molar-refractivity contribution is -0.160. The minimum atomic E-state index is -4.55. The van der Waals surface area contributed by atoms with Gasteiger partial charge < -0.3 is 25.8 Å². The fourth-order valence-electron chi connectivity index (χ4n) is 0.847. The van der Waals surface area contributed by atoms with E-state index in [1.807, 2.05) is 5.32 Å². The van der Waals surface area contributed by atoms with Crippen LogP contribution in [0.15, 0.2) is 0 Å². The molecule has 0 bridgehead atoms. The lowest BCUT2D eigenvalue weighted by Crippen LogP contribution is -2.39. The Bertz CT molecular complexity index is 484. The van der Waals surface area contributed by atoms with Crippen LogP contribution in [0.5, 0.6) is 0 Å². The van der Waals surface area contributed by atoms with Gasteiger partial charge in [-0.2, -0.15) is 31.6 Å². The van der Waals surface area contributed by atoms with Crippen molar-refractivity contribution in [1.29, 1.82) is 5.26 Å². The molecule has 0 unspecified atom stereocenters. The first-order valence-corrected chi connectivity index (χ1v) is 6.80. The number of nitrogens with zero attached hydrogens (tertiary/aromatic N) is 1. The number of rotatable bonds is 5. The average molecular weight is 433 g/mol. The summed E-state index contributed by atoms with van der Waals surface area (Å²) < 4.78 is 76.5. The minimum Gasteiger partial charge on any atom is -0.440 e. The number of carbonyl (C=O) groups is 2. The van der Waals surface area contributed by atoms with E-state index in [9.17, 15) is 35.9 Å². The normalized spacial score (nSPS) is 12.7. The van der Waals surface area contributed by atoms with E-state index in [1.165, 1.54) is 6.92 Å². The van der Waals surface area contributed by atoms with Gasteiger partial charge in [0.25, 0.3) is 0 Å². The molecule has 160 valence electrons. The summed E-state index contributed by atoms with van der Waals surface area (Å²) in [6.07, 6.45) is -11.4. The molecule has 0 saturated carbocycles. The number of amides is 2. The zero-order valence-electron chi connectivity index (χ0n) is 14.1. The number of nitriles is 1. The van der Waals surface area contributed by atoms with Crippen LogP contribution in [0.2, 0.25) is 0 Å². The van der Waals surface area contributed by atoms with Crippen LogP contribution in [0.25, 0.3) is 0 Å². The molecule has 0 fully saturated rings. The van der Waals surface area contributed by atoms with Gasteiger partial charge >= 0.3 is 24.5 Å². The second kappa shape index (κ2) is 14.0. The van der Waals surface area contributed by atoms with Gasteiger partial charge in [-0.3, -0.25) is 0 Å². The molecule has 0 aromatic heterocycles. The van der Waals surface area contributed by atoms with Gasteiger partial charge in [0, 0.05) is 12.6 Å². The Kier molecular flexibility index (Phi) is 15.3. The van der Waals surface area contributed by atoms with E-state index in [2.05, 4.69) is 14.8 Å². The number of nitrogens with one attached hydrogen (secondary N) is 2. The summed E-state index contributed by atoms with van der Waals surface area (Å²) in [6.45, 7) is -0.238. The third kappa shape index (κ3) is 23.9. The maximum Gasteiger partial charge on any atom is 0.422 e. The fraction of sp³-hybridized carbons (Fsp3) is 0.750. The van der Waals surface area contributed by atoms with Gasteiger partial charge in [0.2, 0.25) is 0 Å². The summed E-state index contributed by atoms with van der Waals surface area (Å²) in [7, 11) is 0. The van der Waals surface area contributed by atoms with Gasteiger partial charge in [-0.1, -0.05) is 0 Å². The molecule has 0 aliphatic heterocycles. The highest BCUT2D eigenvalue weighted by Crippen LogP contribution is 2.14. The van der Waals surface area contributed by atoms with Crippen molar-refractivity contribution in [3.05, 3.63) is 0 Å². The standard InChI is InChI=1S/C6H11F3N2O2.C6H7F3N2O2.ClH/c2*1-4(2-10)11-5(12)13-3-6(7,8)9;/h4H,2-3,10H2,1H3,(H,11,12);4H,3H2,1H3,(H,11,12);1H/t2*4-;/m00./s1. The molecule has 0 spiro atoms. The van der Waals surface area contributed by atoms with E-state index < -0.39 is 49.8 Å². The lowest BCUT2D eigenvalue weighted by atomic mass is 10.3. The SMILES string of the molecule is C[C@@H](C#N)NC(=O)OCC(F)(F)F.C[C@@H](CN)NC(=O)OCC(F)(F)F.Cl. The lowest BCUT2D eigenvalue weighted by Gasteiger charge is -2.12. The van der Waals surface area contributed by atoms with Crippen molar-refractivity contribution in [2.75, 3.05) is 19.8 Å². The predicted molar refractivity (Wildman–Crippen MR) is 81.9 cm³/mol. The van der Waals surface area contributed by atoms with E-state index in [1.54, 1.807) is 13.0 Å². The van der Waals surface area contributed by atoms with Crippen LogP contribution in [0.3, 0.4) is 0 Å². The average Bonchev–Trinajstić information content (AvgIpc) is 2.50. The third-order valence-electron chi connectivity index (χ3n) is 1.98. The van der Waals surface area contributed by atoms with E-state index in [-0.39, 0.29) is 19.0 Å². The Morgan fingerprint density at radius 3 is 1.67 bits per heavy atom. The van der Waals surface area contributed by atoms with Gasteiger partial charge in [-0.05, 0) is 13.8 Å². The van der Waals surface area contributed by atoms with Crippen molar-refractivity contribution in [3.63, 3.8) is 0 Å². The molecule has 2 atom stereocenters. The summed E-state index contributed by atoms with van der Waals surface area (Å²) in [5.41, 5.74) is 5.11. The van der Waals surface area contributed by atoms with Gasteiger partial charge in [-0.15, -0.1) is 12.4 Å². The number of ether oxygens (including phenoxy) is 2. The molecule has 0 aliphatic carbocycles. The van der Waals surface area contributed by atoms with Crippen molar-refractivity contribution >= 4 is 24.6 Å². The summed E-state index contributed by atoms with van der Waals surface area (Å²) in [4.78, 5) is 21.0. The van der Waals surface area contributed by atoms with E-state index >= 15 is 0 Å². The predicted octanol–water partition coefficient (Wildman–Crippen LogP) is 2.23. The summed E-state index contributed by atoms with van der Waals surface area (Å²) in [5.74, 6) is 0. The summed E-state index contributed by atoms with van der Waals surface area (Å²) in [6, 6.07) is 0.323. The highest BCUT2D eigenvalue weighted by Gasteiger charge is 2.30. The Hall–Kier alpha value is -2.14. The zero-order valence-corrected chi connectivity index (χ0v) is 14.9. The maximum absolute atomic E-state index is 11.5. The number of halogens is 7. The fourth-order valence-corrected chi connectivity index (χ4v) is 0.847. The molecule has 0 aromatic rings. The second-order valence-corrected chi connectivity index (χ2v) is 4.66. The molecule has 0 aliphatic rings. The molecule has 27 heavy (non-hydrogen) atoms. The first-order valence-electron chi connectivity index (χ1n) is 6.80. The molecule has 0 heterocycles. The maximum atomic E-state index is 11.5. The van der Waals surface area contributed by atoms with E-state index in [4.69, 9.17) is 11.0 Å². The Labute approximate surface area is 156 Å². The smallest absolute Gasteiger partial charge is 0.422 e. The van der Waals surface area contributed by atoms with Crippen LogP contribution in [-0.2, 0) is 9.47 Å². The molecule has 15 heteroatoms. The van der Waals surface area contributed by atoms with E-state index in [0.717, 1.165) is 0 Å².